The molecule has 1 aromatic heterocycles. The van der Waals surface area contributed by atoms with Crippen LogP contribution in [0.5, 0.6) is 0 Å². The van der Waals surface area contributed by atoms with E-state index in [4.69, 9.17) is 11.1 Å². The maximum atomic E-state index is 12.9. The van der Waals surface area contributed by atoms with E-state index < -0.39 is 21.9 Å². The quantitative estimate of drug-likeness (QED) is 0.535. The van der Waals surface area contributed by atoms with Crippen molar-refractivity contribution in [3.8, 4) is 0 Å². The molecule has 0 saturated heterocycles. The molecule has 0 aromatic carbocycles. The number of halogens is 1. The van der Waals surface area contributed by atoms with Gasteiger partial charge in [0.1, 0.15) is 16.5 Å². The number of hydrogen-bond donors (Lipinski definition) is 3. The average Bonchev–Trinajstić information content (AvgIpc) is 2.25. The van der Waals surface area contributed by atoms with E-state index in [1.807, 2.05) is 0 Å². The highest BCUT2D eigenvalue weighted by atomic mass is 32.2. The zero-order valence-corrected chi connectivity index (χ0v) is 10.8. The molecule has 0 fully saturated rings. The van der Waals surface area contributed by atoms with Crippen molar-refractivity contribution in [3.63, 3.8) is 0 Å². The zero-order chi connectivity index (χ0) is 13.9. The fraction of sp³-hybridized carbons (Fsp3) is 0.400. The van der Waals surface area contributed by atoms with Gasteiger partial charge in [-0.05, 0) is 12.0 Å². The first-order valence-corrected chi connectivity index (χ1v) is 6.69. The lowest BCUT2D eigenvalue weighted by Crippen LogP contribution is -2.47. The minimum absolute atomic E-state index is 0.196. The van der Waals surface area contributed by atoms with Gasteiger partial charge in [-0.1, -0.05) is 13.8 Å². The van der Waals surface area contributed by atoms with Crippen molar-refractivity contribution in [1.29, 1.82) is 5.41 Å². The standard InChI is InChI=1S/C10H15FN4O2S/c1-6(2)9(10(12)13)15-18(16,17)8-3-7(11)4-14-5-8/h3-6,9,15H,1-2H3,(H3,12,13). The summed E-state index contributed by atoms with van der Waals surface area (Å²) in [6.07, 6.45) is 1.94. The van der Waals surface area contributed by atoms with Gasteiger partial charge in [-0.25, -0.2) is 17.5 Å². The van der Waals surface area contributed by atoms with Crippen LogP contribution in [0, 0.1) is 17.1 Å². The molecule has 0 spiro atoms. The maximum Gasteiger partial charge on any atom is 0.242 e. The molecule has 18 heavy (non-hydrogen) atoms. The van der Waals surface area contributed by atoms with E-state index in [0.29, 0.717) is 0 Å². The highest BCUT2D eigenvalue weighted by Crippen LogP contribution is 2.11. The van der Waals surface area contributed by atoms with Crippen molar-refractivity contribution in [2.24, 2.45) is 11.7 Å². The van der Waals surface area contributed by atoms with Gasteiger partial charge in [0.25, 0.3) is 0 Å². The van der Waals surface area contributed by atoms with E-state index >= 15 is 0 Å². The molecule has 8 heteroatoms. The largest absolute Gasteiger partial charge is 0.386 e. The molecule has 1 unspecified atom stereocenters. The van der Waals surface area contributed by atoms with Crippen molar-refractivity contribution >= 4 is 15.9 Å². The lowest BCUT2D eigenvalue weighted by atomic mass is 10.1. The van der Waals surface area contributed by atoms with E-state index in [-0.39, 0.29) is 16.6 Å². The summed E-state index contributed by atoms with van der Waals surface area (Å²) in [4.78, 5) is 3.17. The first-order chi connectivity index (χ1) is 8.24. The van der Waals surface area contributed by atoms with Crippen LogP contribution in [-0.2, 0) is 10.0 Å². The number of nitrogens with two attached hydrogens (primary N) is 1. The monoisotopic (exact) mass is 274 g/mol. The third-order valence-electron chi connectivity index (χ3n) is 2.27. The van der Waals surface area contributed by atoms with Gasteiger partial charge < -0.3 is 5.73 Å². The molecular weight excluding hydrogens is 259 g/mol. The molecule has 1 heterocycles. The van der Waals surface area contributed by atoms with Gasteiger partial charge in [0.05, 0.1) is 12.2 Å². The molecule has 0 aliphatic heterocycles. The predicted molar refractivity (Wildman–Crippen MR) is 65.1 cm³/mol. The van der Waals surface area contributed by atoms with E-state index in [1.165, 1.54) is 0 Å². The van der Waals surface area contributed by atoms with E-state index in [9.17, 15) is 12.8 Å². The Morgan fingerprint density at radius 2 is 2.11 bits per heavy atom. The van der Waals surface area contributed by atoms with Gasteiger partial charge in [0.2, 0.25) is 10.0 Å². The Morgan fingerprint density at radius 1 is 1.50 bits per heavy atom. The summed E-state index contributed by atoms with van der Waals surface area (Å²) in [5.74, 6) is -1.24. The predicted octanol–water partition coefficient (Wildman–Crippen LogP) is 0.460. The lowest BCUT2D eigenvalue weighted by Gasteiger charge is -2.20. The molecular formula is C10H15FN4O2S. The highest BCUT2D eigenvalue weighted by molar-refractivity contribution is 7.89. The Bertz CT molecular complexity index is 545. The number of amidine groups is 1. The van der Waals surface area contributed by atoms with Crippen molar-refractivity contribution in [1.82, 2.24) is 9.71 Å². The van der Waals surface area contributed by atoms with Gasteiger partial charge in [-0.3, -0.25) is 10.4 Å². The summed E-state index contributed by atoms with van der Waals surface area (Å²) in [5, 5.41) is 7.33. The summed E-state index contributed by atoms with van der Waals surface area (Å²) in [6.45, 7) is 3.44. The summed E-state index contributed by atoms with van der Waals surface area (Å²) in [5.41, 5.74) is 5.32. The van der Waals surface area contributed by atoms with Crippen molar-refractivity contribution < 1.29 is 12.8 Å². The molecule has 0 radical (unpaired) electrons. The van der Waals surface area contributed by atoms with Gasteiger partial charge in [0.15, 0.2) is 0 Å². The highest BCUT2D eigenvalue weighted by Gasteiger charge is 2.25. The molecule has 0 aliphatic carbocycles. The lowest BCUT2D eigenvalue weighted by molar-refractivity contribution is 0.521. The van der Waals surface area contributed by atoms with Crippen molar-refractivity contribution in [2.45, 2.75) is 24.8 Å². The third kappa shape index (κ3) is 3.47. The van der Waals surface area contributed by atoms with Gasteiger partial charge in [0, 0.05) is 6.20 Å². The van der Waals surface area contributed by atoms with Crippen LogP contribution in [-0.4, -0.2) is 25.3 Å². The molecule has 1 aromatic rings. The molecule has 4 N–H and O–H groups in total. The second kappa shape index (κ2) is 5.40. The molecule has 100 valence electrons. The number of pyridine rings is 1. The first kappa shape index (κ1) is 14.5. The molecule has 6 nitrogen and oxygen atoms in total. The first-order valence-electron chi connectivity index (χ1n) is 5.21. The molecule has 0 bridgehead atoms. The van der Waals surface area contributed by atoms with Crippen LogP contribution in [0.15, 0.2) is 23.4 Å². The molecule has 0 amide bonds. The number of rotatable bonds is 5. The number of nitrogens with one attached hydrogen (secondary N) is 2. The van der Waals surface area contributed by atoms with Crippen LogP contribution in [0.2, 0.25) is 0 Å². The Kier molecular flexibility index (Phi) is 4.36. The Balaban J connectivity index is 3.05. The van der Waals surface area contributed by atoms with Crippen LogP contribution >= 0.6 is 0 Å². The van der Waals surface area contributed by atoms with E-state index in [0.717, 1.165) is 18.5 Å². The number of sulfonamides is 1. The Hall–Kier alpha value is -1.54. The minimum Gasteiger partial charge on any atom is -0.386 e. The fourth-order valence-electron chi connectivity index (χ4n) is 1.33. The number of aromatic nitrogens is 1. The molecule has 1 atom stereocenters. The Morgan fingerprint density at radius 3 is 2.56 bits per heavy atom. The number of hydrogen-bond acceptors (Lipinski definition) is 4. The normalized spacial score (nSPS) is 13.6. The molecule has 1 rings (SSSR count). The fourth-order valence-corrected chi connectivity index (χ4v) is 2.67. The van der Waals surface area contributed by atoms with Crippen LogP contribution in [0.1, 0.15) is 13.8 Å². The summed E-state index contributed by atoms with van der Waals surface area (Å²) in [7, 11) is -3.95. The Labute approximate surface area is 105 Å². The topological polar surface area (TPSA) is 109 Å². The molecule has 0 aliphatic rings. The van der Waals surface area contributed by atoms with Crippen LogP contribution < -0.4 is 10.5 Å². The van der Waals surface area contributed by atoms with Crippen LogP contribution in [0.25, 0.3) is 0 Å². The van der Waals surface area contributed by atoms with Gasteiger partial charge >= 0.3 is 0 Å². The second-order valence-corrected chi connectivity index (χ2v) is 5.85. The van der Waals surface area contributed by atoms with Crippen LogP contribution in [0.3, 0.4) is 0 Å². The third-order valence-corrected chi connectivity index (χ3v) is 3.68. The van der Waals surface area contributed by atoms with Crippen molar-refractivity contribution in [3.05, 3.63) is 24.3 Å². The van der Waals surface area contributed by atoms with E-state index in [2.05, 4.69) is 9.71 Å². The minimum atomic E-state index is -3.95. The second-order valence-electron chi connectivity index (χ2n) is 4.14. The van der Waals surface area contributed by atoms with E-state index in [1.54, 1.807) is 13.8 Å². The summed E-state index contributed by atoms with van der Waals surface area (Å²) in [6, 6.07) is 0.0191. The van der Waals surface area contributed by atoms with Gasteiger partial charge in [-0.15, -0.1) is 0 Å². The summed E-state index contributed by atoms with van der Waals surface area (Å²) >= 11 is 0. The van der Waals surface area contributed by atoms with Gasteiger partial charge in [-0.2, -0.15) is 0 Å². The number of nitrogens with zero attached hydrogens (tertiary/aromatic N) is 1. The van der Waals surface area contributed by atoms with Crippen LogP contribution in [0.4, 0.5) is 4.39 Å². The average molecular weight is 274 g/mol. The maximum absolute atomic E-state index is 12.9. The summed E-state index contributed by atoms with van der Waals surface area (Å²) < 4.78 is 39.0. The molecule has 0 saturated carbocycles. The SMILES string of the molecule is CC(C)C(NS(=O)(=O)c1cncc(F)c1)C(=N)N. The van der Waals surface area contributed by atoms with Crippen molar-refractivity contribution in [2.75, 3.05) is 0 Å². The zero-order valence-electron chi connectivity index (χ0n) is 10.0. The smallest absolute Gasteiger partial charge is 0.242 e.